The van der Waals surface area contributed by atoms with Crippen molar-refractivity contribution in [2.24, 2.45) is 0 Å². The number of para-hydroxylation sites is 1. The van der Waals surface area contributed by atoms with Crippen molar-refractivity contribution in [2.45, 2.75) is 47.0 Å². The largest absolute Gasteiger partial charge is 0.500 e. The van der Waals surface area contributed by atoms with Crippen molar-refractivity contribution in [2.75, 3.05) is 9.80 Å². The second-order valence-electron chi connectivity index (χ2n) is 16.0. The fourth-order valence-electron chi connectivity index (χ4n) is 8.36. The summed E-state index contributed by atoms with van der Waals surface area (Å²) in [5.41, 5.74) is 9.37. The molecule has 8 aromatic rings. The molecule has 1 aliphatic heterocycles. The monoisotopic (exact) mass is 936 g/mol. The molecule has 0 amide bonds. The topological polar surface area (TPSA) is 24.3 Å². The van der Waals surface area contributed by atoms with Crippen molar-refractivity contribution in [1.29, 1.82) is 0 Å². The smallest absolute Gasteiger partial charge is 0.135 e. The van der Waals surface area contributed by atoms with Crippen LogP contribution in [0, 0.1) is 39.6 Å². The summed E-state index contributed by atoms with van der Waals surface area (Å²) in [6, 6.07) is 59.1. The van der Waals surface area contributed by atoms with E-state index in [-0.39, 0.29) is 26.5 Å². The molecule has 0 saturated carbocycles. The number of anilines is 2. The average molecular weight is 937 g/mol. The zero-order chi connectivity index (χ0) is 38.6. The van der Waals surface area contributed by atoms with Crippen LogP contribution in [0.15, 0.2) is 158 Å². The van der Waals surface area contributed by atoms with E-state index >= 15 is 0 Å². The summed E-state index contributed by atoms with van der Waals surface area (Å²) in [5, 5.41) is 7.24. The van der Waals surface area contributed by atoms with Crippen molar-refractivity contribution >= 4 is 62.0 Å². The molecule has 1 aliphatic rings. The quantitative estimate of drug-likeness (QED) is 0.0906. The summed E-state index contributed by atoms with van der Waals surface area (Å²) < 4.78 is 2.31. The van der Waals surface area contributed by atoms with Crippen LogP contribution < -0.4 is 30.5 Å². The molecular formula is C51H45N4PtSi-3. The minimum Gasteiger partial charge on any atom is -0.500 e. The van der Waals surface area contributed by atoms with Crippen LogP contribution in [-0.2, 0) is 26.5 Å². The average Bonchev–Trinajstić information content (AvgIpc) is 3.84. The molecule has 0 saturated heterocycles. The Morgan fingerprint density at radius 3 is 1.96 bits per heavy atom. The van der Waals surface area contributed by atoms with E-state index in [1.54, 1.807) is 0 Å². The molecule has 0 aliphatic carbocycles. The number of benzene rings is 6. The van der Waals surface area contributed by atoms with Crippen LogP contribution in [-0.4, -0.2) is 17.6 Å². The van der Waals surface area contributed by atoms with Gasteiger partial charge >= 0.3 is 0 Å². The van der Waals surface area contributed by atoms with Gasteiger partial charge in [-0.15, -0.1) is 17.7 Å². The van der Waals surface area contributed by atoms with Gasteiger partial charge in [-0.3, -0.25) is 0 Å². The summed E-state index contributed by atoms with van der Waals surface area (Å²) in [5.74, 6) is 0.900. The zero-order valence-corrected chi connectivity index (χ0v) is 36.5. The maximum atomic E-state index is 4.99. The minimum absolute atomic E-state index is 0. The molecule has 0 bridgehead atoms. The molecule has 57 heavy (non-hydrogen) atoms. The Morgan fingerprint density at radius 1 is 0.596 bits per heavy atom. The van der Waals surface area contributed by atoms with E-state index in [4.69, 9.17) is 4.98 Å². The van der Waals surface area contributed by atoms with Gasteiger partial charge < -0.3 is 14.4 Å². The molecule has 0 radical (unpaired) electrons. The Kier molecular flexibility index (Phi) is 10.2. The maximum Gasteiger partial charge on any atom is 0.135 e. The maximum absolute atomic E-state index is 4.99. The summed E-state index contributed by atoms with van der Waals surface area (Å²) in [6.07, 6.45) is 6.22. The number of nitrogens with zero attached hydrogens (tertiary/aromatic N) is 4. The van der Waals surface area contributed by atoms with Crippen LogP contribution >= 0.6 is 0 Å². The van der Waals surface area contributed by atoms with Crippen LogP contribution in [0.1, 0.15) is 43.0 Å². The predicted molar refractivity (Wildman–Crippen MR) is 238 cm³/mol. The van der Waals surface area contributed by atoms with Gasteiger partial charge in [0.05, 0.1) is 0 Å². The van der Waals surface area contributed by atoms with Gasteiger partial charge in [-0.1, -0.05) is 111 Å². The van der Waals surface area contributed by atoms with Gasteiger partial charge in [-0.2, -0.15) is 52.8 Å². The summed E-state index contributed by atoms with van der Waals surface area (Å²) in [6.45, 7) is 15.5. The van der Waals surface area contributed by atoms with Crippen molar-refractivity contribution in [3.05, 3.63) is 199 Å². The predicted octanol–water partition coefficient (Wildman–Crippen LogP) is 9.29. The summed E-state index contributed by atoms with van der Waals surface area (Å²) in [4.78, 5) is 9.39. The van der Waals surface area contributed by atoms with Crippen LogP contribution in [0.3, 0.4) is 0 Å². The molecule has 9 rings (SSSR count). The van der Waals surface area contributed by atoms with E-state index in [9.17, 15) is 0 Å². The molecule has 286 valence electrons. The van der Waals surface area contributed by atoms with E-state index in [1.807, 2.05) is 6.20 Å². The molecule has 0 atom stereocenters. The van der Waals surface area contributed by atoms with Crippen LogP contribution in [0.5, 0.6) is 0 Å². The van der Waals surface area contributed by atoms with E-state index in [1.165, 1.54) is 54.1 Å². The van der Waals surface area contributed by atoms with Gasteiger partial charge in [-0.25, -0.2) is 4.98 Å². The van der Waals surface area contributed by atoms with E-state index in [2.05, 4.69) is 227 Å². The minimum atomic E-state index is -3.04. The Hall–Kier alpha value is -5.48. The van der Waals surface area contributed by atoms with Gasteiger partial charge in [0.1, 0.15) is 13.9 Å². The first-order chi connectivity index (χ1) is 27.1. The third-order valence-corrected chi connectivity index (χ3v) is 16.0. The molecule has 2 aromatic heterocycles. The number of hydrogen-bond acceptors (Lipinski definition) is 3. The van der Waals surface area contributed by atoms with Crippen molar-refractivity contribution in [3.8, 4) is 5.82 Å². The van der Waals surface area contributed by atoms with Crippen LogP contribution in [0.2, 0.25) is 0 Å². The number of fused-ring (bicyclic) bond motifs is 3. The summed E-state index contributed by atoms with van der Waals surface area (Å²) >= 11 is 0. The first kappa shape index (κ1) is 38.4. The number of aryl methyl sites for hydroxylation is 3. The van der Waals surface area contributed by atoms with Crippen LogP contribution in [0.25, 0.3) is 27.6 Å². The van der Waals surface area contributed by atoms with Gasteiger partial charge in [0.15, 0.2) is 0 Å². The standard InChI is InChI=1S/C51H45N4Si.Pt/c1-36-30-38(3)48(31-37(36)2)54-29-28-53(35-54)40-16-15-21-43(33-40)56(41-17-9-7-10-18-41,42-19-11-8-12-20-42)44-24-25-46-45-22-13-14-23-47(45)55(49(46)34-44)50-32-39(26-27-52-50)51(4,5)6;/h7-32,35H,1-6H3;/q-3;. The van der Waals surface area contributed by atoms with Crippen molar-refractivity contribution in [1.82, 2.24) is 9.55 Å². The van der Waals surface area contributed by atoms with E-state index < -0.39 is 8.07 Å². The molecule has 3 heterocycles. The SMILES string of the molecule is Cc1cc(C)c(N2C=CN(c3[c-]c([Si](c4[c-]c5c(cc4)c4ccccc4n5-c4cc(C(C)(C)C)ccn4)(c4ccccc4)c4ccccc4)ccc3)[CH-]2)cc1C.[Pt]. The van der Waals surface area contributed by atoms with Gasteiger partial charge in [0.2, 0.25) is 0 Å². The fourth-order valence-corrected chi connectivity index (χ4v) is 12.9. The second kappa shape index (κ2) is 15.1. The number of rotatable bonds is 7. The van der Waals surface area contributed by atoms with E-state index in [0.717, 1.165) is 27.9 Å². The normalized spacial score (nSPS) is 13.1. The molecule has 6 aromatic carbocycles. The van der Waals surface area contributed by atoms with Crippen LogP contribution in [0.4, 0.5) is 11.4 Å². The first-order valence-corrected chi connectivity index (χ1v) is 21.4. The first-order valence-electron chi connectivity index (χ1n) is 19.4. The molecular weight excluding hydrogens is 892 g/mol. The van der Waals surface area contributed by atoms with E-state index in [0.29, 0.717) is 0 Å². The summed E-state index contributed by atoms with van der Waals surface area (Å²) in [7, 11) is -3.04. The molecule has 6 heteroatoms. The molecule has 4 nitrogen and oxygen atoms in total. The third kappa shape index (κ3) is 6.67. The second-order valence-corrected chi connectivity index (χ2v) is 19.8. The Morgan fingerprint density at radius 2 is 1.25 bits per heavy atom. The molecule has 0 fully saturated rings. The third-order valence-electron chi connectivity index (χ3n) is 11.4. The zero-order valence-electron chi connectivity index (χ0n) is 33.2. The number of aromatic nitrogens is 2. The Bertz CT molecular complexity index is 2730. The molecule has 0 N–H and O–H groups in total. The molecule has 0 unspecified atom stereocenters. The van der Waals surface area contributed by atoms with Crippen molar-refractivity contribution in [3.63, 3.8) is 0 Å². The fraction of sp³-hybridized carbons (Fsp3) is 0.137. The van der Waals surface area contributed by atoms with Gasteiger partial charge in [-0.05, 0) is 101 Å². The van der Waals surface area contributed by atoms with Gasteiger partial charge in [0, 0.05) is 38.5 Å². The van der Waals surface area contributed by atoms with Gasteiger partial charge in [0.25, 0.3) is 0 Å². The molecule has 0 spiro atoms. The number of pyridine rings is 1. The Labute approximate surface area is 352 Å². The van der Waals surface area contributed by atoms with Crippen molar-refractivity contribution < 1.29 is 21.1 Å². The number of hydrogen-bond donors (Lipinski definition) is 0. The Balaban J connectivity index is 0.00000455.